The maximum Gasteiger partial charge on any atom is 0.161 e. The number of hydrogen-bond acceptors (Lipinski definition) is 3. The summed E-state index contributed by atoms with van der Waals surface area (Å²) in [4.78, 5) is 0. The molecule has 3 nitrogen and oxygen atoms in total. The summed E-state index contributed by atoms with van der Waals surface area (Å²) in [6, 6.07) is 12.0. The van der Waals surface area contributed by atoms with Crippen molar-refractivity contribution >= 4 is 0 Å². The molecule has 0 amide bonds. The van der Waals surface area contributed by atoms with Gasteiger partial charge in [-0.3, -0.25) is 0 Å². The van der Waals surface area contributed by atoms with E-state index in [1.54, 1.807) is 21.3 Å². The molecule has 0 N–H and O–H groups in total. The molecule has 3 heteroatoms. The minimum absolute atomic E-state index is 0.712. The van der Waals surface area contributed by atoms with Gasteiger partial charge >= 0.3 is 0 Å². The molecule has 0 saturated heterocycles. The first-order valence-electron chi connectivity index (χ1n) is 6.06. The lowest BCUT2D eigenvalue weighted by atomic mass is 10.0. The molecular formula is C16H18O3. The second-order valence-electron chi connectivity index (χ2n) is 4.27. The number of rotatable bonds is 4. The van der Waals surface area contributed by atoms with Gasteiger partial charge in [0.15, 0.2) is 11.5 Å². The van der Waals surface area contributed by atoms with E-state index in [-0.39, 0.29) is 0 Å². The largest absolute Gasteiger partial charge is 0.496 e. The Bertz CT molecular complexity index is 576. The van der Waals surface area contributed by atoms with Gasteiger partial charge in [-0.1, -0.05) is 17.7 Å². The average molecular weight is 258 g/mol. The molecule has 0 aromatic heterocycles. The zero-order valence-corrected chi connectivity index (χ0v) is 11.7. The topological polar surface area (TPSA) is 27.7 Å². The number of benzene rings is 2. The van der Waals surface area contributed by atoms with Crippen LogP contribution in [0.4, 0.5) is 0 Å². The van der Waals surface area contributed by atoms with Gasteiger partial charge in [0.2, 0.25) is 0 Å². The van der Waals surface area contributed by atoms with Crippen molar-refractivity contribution in [2.75, 3.05) is 21.3 Å². The van der Waals surface area contributed by atoms with Crippen LogP contribution in [-0.4, -0.2) is 21.3 Å². The molecular weight excluding hydrogens is 240 g/mol. The highest BCUT2D eigenvalue weighted by Gasteiger charge is 2.10. The normalized spacial score (nSPS) is 10.1. The van der Waals surface area contributed by atoms with Crippen molar-refractivity contribution in [3.8, 4) is 28.4 Å². The molecule has 0 aliphatic rings. The van der Waals surface area contributed by atoms with Gasteiger partial charge in [0.1, 0.15) is 5.75 Å². The summed E-state index contributed by atoms with van der Waals surface area (Å²) in [6.45, 7) is 2.06. The number of ether oxygens (including phenoxy) is 3. The SMILES string of the molecule is COc1ccc(-c2cc(C)ccc2OC)cc1OC. The summed E-state index contributed by atoms with van der Waals surface area (Å²) >= 11 is 0. The molecule has 0 radical (unpaired) electrons. The molecule has 0 heterocycles. The smallest absolute Gasteiger partial charge is 0.161 e. The maximum absolute atomic E-state index is 5.41. The van der Waals surface area contributed by atoms with Gasteiger partial charge in [0, 0.05) is 5.56 Å². The van der Waals surface area contributed by atoms with Gasteiger partial charge in [-0.25, -0.2) is 0 Å². The Labute approximate surface area is 113 Å². The van der Waals surface area contributed by atoms with Crippen molar-refractivity contribution in [3.05, 3.63) is 42.0 Å². The molecule has 0 bridgehead atoms. The Balaban J connectivity index is 2.55. The quantitative estimate of drug-likeness (QED) is 0.837. The molecule has 0 aliphatic carbocycles. The zero-order chi connectivity index (χ0) is 13.8. The van der Waals surface area contributed by atoms with E-state index >= 15 is 0 Å². The van der Waals surface area contributed by atoms with Gasteiger partial charge in [-0.05, 0) is 36.8 Å². The molecule has 19 heavy (non-hydrogen) atoms. The van der Waals surface area contributed by atoms with Crippen LogP contribution in [0.5, 0.6) is 17.2 Å². The van der Waals surface area contributed by atoms with Gasteiger partial charge in [-0.2, -0.15) is 0 Å². The van der Waals surface area contributed by atoms with E-state index in [0.29, 0.717) is 5.75 Å². The van der Waals surface area contributed by atoms with Crippen molar-refractivity contribution in [2.45, 2.75) is 6.92 Å². The Morgan fingerprint density at radius 2 is 1.32 bits per heavy atom. The minimum Gasteiger partial charge on any atom is -0.496 e. The number of aryl methyl sites for hydroxylation is 1. The van der Waals surface area contributed by atoms with Crippen molar-refractivity contribution in [1.82, 2.24) is 0 Å². The molecule has 0 unspecified atom stereocenters. The molecule has 0 atom stereocenters. The highest BCUT2D eigenvalue weighted by Crippen LogP contribution is 2.36. The highest BCUT2D eigenvalue weighted by molar-refractivity contribution is 5.73. The van der Waals surface area contributed by atoms with Gasteiger partial charge in [0.25, 0.3) is 0 Å². The van der Waals surface area contributed by atoms with Crippen LogP contribution in [0.3, 0.4) is 0 Å². The maximum atomic E-state index is 5.41. The summed E-state index contributed by atoms with van der Waals surface area (Å²) in [5.74, 6) is 2.28. The third-order valence-corrected chi connectivity index (χ3v) is 3.05. The summed E-state index contributed by atoms with van der Waals surface area (Å²) < 4.78 is 16.0. The van der Waals surface area contributed by atoms with E-state index in [4.69, 9.17) is 14.2 Å². The Morgan fingerprint density at radius 3 is 1.95 bits per heavy atom. The summed E-state index contributed by atoms with van der Waals surface area (Å²) in [6.07, 6.45) is 0. The van der Waals surface area contributed by atoms with Crippen LogP contribution in [-0.2, 0) is 0 Å². The fraction of sp³-hybridized carbons (Fsp3) is 0.250. The third kappa shape index (κ3) is 2.65. The standard InChI is InChI=1S/C16H18O3/c1-11-5-7-14(17-2)13(9-11)12-6-8-15(18-3)16(10-12)19-4/h5-10H,1-4H3. The molecule has 2 aromatic carbocycles. The first-order chi connectivity index (χ1) is 9.19. The van der Waals surface area contributed by atoms with E-state index in [1.165, 1.54) is 5.56 Å². The van der Waals surface area contributed by atoms with Crippen LogP contribution in [0.1, 0.15) is 5.56 Å². The highest BCUT2D eigenvalue weighted by atomic mass is 16.5. The molecule has 2 rings (SSSR count). The average Bonchev–Trinajstić information content (AvgIpc) is 2.46. The van der Waals surface area contributed by atoms with Crippen molar-refractivity contribution in [1.29, 1.82) is 0 Å². The van der Waals surface area contributed by atoms with Crippen LogP contribution in [0, 0.1) is 6.92 Å². The number of methoxy groups -OCH3 is 3. The number of hydrogen-bond donors (Lipinski definition) is 0. The monoisotopic (exact) mass is 258 g/mol. The first kappa shape index (κ1) is 13.3. The second kappa shape index (κ2) is 5.65. The van der Waals surface area contributed by atoms with Gasteiger partial charge < -0.3 is 14.2 Å². The molecule has 0 aliphatic heterocycles. The predicted octanol–water partition coefficient (Wildman–Crippen LogP) is 3.69. The third-order valence-electron chi connectivity index (χ3n) is 3.05. The van der Waals surface area contributed by atoms with Crippen molar-refractivity contribution in [2.24, 2.45) is 0 Å². The lowest BCUT2D eigenvalue weighted by molar-refractivity contribution is 0.355. The van der Waals surface area contributed by atoms with Crippen LogP contribution in [0.15, 0.2) is 36.4 Å². The lowest BCUT2D eigenvalue weighted by Crippen LogP contribution is -1.92. The zero-order valence-electron chi connectivity index (χ0n) is 11.7. The van der Waals surface area contributed by atoms with E-state index in [1.807, 2.05) is 30.3 Å². The van der Waals surface area contributed by atoms with E-state index in [0.717, 1.165) is 22.6 Å². The predicted molar refractivity (Wildman–Crippen MR) is 76.3 cm³/mol. The first-order valence-corrected chi connectivity index (χ1v) is 6.06. The van der Waals surface area contributed by atoms with E-state index in [2.05, 4.69) is 13.0 Å². The molecule has 2 aromatic rings. The fourth-order valence-electron chi connectivity index (χ4n) is 2.05. The molecule has 0 saturated carbocycles. The van der Waals surface area contributed by atoms with Gasteiger partial charge in [0.05, 0.1) is 21.3 Å². The van der Waals surface area contributed by atoms with Crippen LogP contribution < -0.4 is 14.2 Å². The minimum atomic E-state index is 0.712. The summed E-state index contributed by atoms with van der Waals surface area (Å²) in [5.41, 5.74) is 3.27. The molecule has 0 spiro atoms. The van der Waals surface area contributed by atoms with E-state index < -0.39 is 0 Å². The van der Waals surface area contributed by atoms with Crippen LogP contribution in [0.25, 0.3) is 11.1 Å². The summed E-state index contributed by atoms with van der Waals surface area (Å²) in [5, 5.41) is 0. The Hall–Kier alpha value is -2.16. The Morgan fingerprint density at radius 1 is 0.684 bits per heavy atom. The second-order valence-corrected chi connectivity index (χ2v) is 4.27. The molecule has 100 valence electrons. The molecule has 0 fully saturated rings. The summed E-state index contributed by atoms with van der Waals surface area (Å²) in [7, 11) is 4.94. The van der Waals surface area contributed by atoms with Gasteiger partial charge in [-0.15, -0.1) is 0 Å². The lowest BCUT2D eigenvalue weighted by Gasteiger charge is -2.13. The Kier molecular flexibility index (Phi) is 3.95. The van der Waals surface area contributed by atoms with E-state index in [9.17, 15) is 0 Å². The van der Waals surface area contributed by atoms with Crippen molar-refractivity contribution < 1.29 is 14.2 Å². The van der Waals surface area contributed by atoms with Crippen LogP contribution >= 0.6 is 0 Å². The van der Waals surface area contributed by atoms with Crippen LogP contribution in [0.2, 0.25) is 0 Å². The van der Waals surface area contributed by atoms with Crippen molar-refractivity contribution in [3.63, 3.8) is 0 Å². The fourth-order valence-corrected chi connectivity index (χ4v) is 2.05.